The molecule has 0 spiro atoms. The molecule has 5 rings (SSSR count). The Balaban J connectivity index is 1.15. The third-order valence-corrected chi connectivity index (χ3v) is 9.75. The molecule has 3 aromatic carbocycles. The van der Waals surface area contributed by atoms with Gasteiger partial charge < -0.3 is 30.1 Å². The number of hydrogen-bond donors (Lipinski definition) is 3. The average molecular weight is 708 g/mol. The van der Waals surface area contributed by atoms with E-state index in [2.05, 4.69) is 35.9 Å². The molecule has 0 saturated heterocycles. The maximum atomic E-state index is 13.5. The van der Waals surface area contributed by atoms with Crippen LogP contribution in [0.3, 0.4) is 0 Å². The van der Waals surface area contributed by atoms with Gasteiger partial charge >= 0.3 is 12.1 Å². The van der Waals surface area contributed by atoms with Gasteiger partial charge in [-0.1, -0.05) is 84.9 Å². The summed E-state index contributed by atoms with van der Waals surface area (Å²) in [5.74, 6) is -2.13. The number of aliphatic hydroxyl groups is 1. The summed E-state index contributed by atoms with van der Waals surface area (Å²) >= 11 is 0. The Morgan fingerprint density at radius 2 is 1.56 bits per heavy atom. The molecule has 274 valence electrons. The number of carbonyl (C=O) groups excluding carboxylic acids is 4. The Bertz CT molecular complexity index is 1740. The van der Waals surface area contributed by atoms with Crippen LogP contribution in [0.5, 0.6) is 0 Å². The first-order valence-corrected chi connectivity index (χ1v) is 17.8. The second-order valence-electron chi connectivity index (χ2n) is 14.1. The summed E-state index contributed by atoms with van der Waals surface area (Å²) in [5.41, 5.74) is 5.50. The monoisotopic (exact) mass is 707 g/mol. The lowest BCUT2D eigenvalue weighted by atomic mass is 9.92. The van der Waals surface area contributed by atoms with Gasteiger partial charge in [-0.15, -0.1) is 13.2 Å². The molecule has 1 aliphatic heterocycles. The number of rotatable bonds is 16. The van der Waals surface area contributed by atoms with Gasteiger partial charge in [-0.25, -0.2) is 9.59 Å². The predicted molar refractivity (Wildman–Crippen MR) is 199 cm³/mol. The van der Waals surface area contributed by atoms with Gasteiger partial charge in [-0.2, -0.15) is 0 Å². The van der Waals surface area contributed by atoms with E-state index in [9.17, 15) is 24.3 Å². The number of nitrogens with zero attached hydrogens (tertiary/aromatic N) is 1. The number of benzene rings is 3. The molecule has 0 unspecified atom stereocenters. The Kier molecular flexibility index (Phi) is 12.7. The van der Waals surface area contributed by atoms with Crippen molar-refractivity contribution in [3.63, 3.8) is 0 Å². The first-order valence-electron chi connectivity index (χ1n) is 17.8. The molecule has 3 amide bonds. The van der Waals surface area contributed by atoms with Crippen molar-refractivity contribution in [3.8, 4) is 11.1 Å². The number of fused-ring (bicyclic) bond motifs is 4. The van der Waals surface area contributed by atoms with Crippen LogP contribution < -0.4 is 10.6 Å². The molecule has 3 N–H and O–H groups in total. The zero-order valence-electron chi connectivity index (χ0n) is 30.0. The number of esters is 1. The number of carbonyl (C=O) groups is 4. The molecule has 3 atom stereocenters. The maximum absolute atomic E-state index is 13.5. The standard InChI is InChI=1S/C42H49N3O7/c1-5-7-21-37(43-41(50)51-26-36-34-19-12-10-17-32(34)33-18-11-13-20-35(33)36)40(49)52-27-42(3,4)44-39(48)29(14-6-2)23-38(47)45-24-30-16-9-8-15-28(30)22-31(45)25-46/h5-6,8-13,15-20,29,31,36-37,46H,1-2,7,14,21-27H2,3-4H3,(H,43,50)(H,44,48)/t29-,31-,37-/m0/s1. The van der Waals surface area contributed by atoms with E-state index in [0.717, 1.165) is 33.4 Å². The number of hydrogen-bond acceptors (Lipinski definition) is 7. The maximum Gasteiger partial charge on any atom is 0.407 e. The fourth-order valence-corrected chi connectivity index (χ4v) is 6.99. The van der Waals surface area contributed by atoms with Crippen molar-refractivity contribution < 1.29 is 33.8 Å². The molecule has 10 nitrogen and oxygen atoms in total. The highest BCUT2D eigenvalue weighted by molar-refractivity contribution is 5.87. The molecule has 3 aromatic rings. The van der Waals surface area contributed by atoms with Crippen LogP contribution >= 0.6 is 0 Å². The minimum Gasteiger partial charge on any atom is -0.462 e. The van der Waals surface area contributed by atoms with Gasteiger partial charge in [0.1, 0.15) is 19.3 Å². The highest BCUT2D eigenvalue weighted by Crippen LogP contribution is 2.44. The van der Waals surface area contributed by atoms with Crippen molar-refractivity contribution in [2.24, 2.45) is 5.92 Å². The zero-order chi connectivity index (χ0) is 37.3. The molecular weight excluding hydrogens is 658 g/mol. The van der Waals surface area contributed by atoms with Crippen molar-refractivity contribution in [1.82, 2.24) is 15.5 Å². The summed E-state index contributed by atoms with van der Waals surface area (Å²) in [4.78, 5) is 55.0. The number of ether oxygens (including phenoxy) is 2. The summed E-state index contributed by atoms with van der Waals surface area (Å²) in [6.45, 7) is 11.0. The number of amides is 3. The van der Waals surface area contributed by atoms with Crippen LogP contribution in [0.1, 0.15) is 67.7 Å². The fraction of sp³-hybridized carbons (Fsp3) is 0.381. The largest absolute Gasteiger partial charge is 0.462 e. The van der Waals surface area contributed by atoms with E-state index in [1.54, 1.807) is 30.9 Å². The molecule has 2 aliphatic rings. The molecule has 0 radical (unpaired) electrons. The molecule has 0 saturated carbocycles. The number of nitrogens with one attached hydrogen (secondary N) is 2. The zero-order valence-corrected chi connectivity index (χ0v) is 30.0. The van der Waals surface area contributed by atoms with Gasteiger partial charge in [-0.05, 0) is 72.9 Å². The fourth-order valence-electron chi connectivity index (χ4n) is 6.99. The molecule has 0 bridgehead atoms. The van der Waals surface area contributed by atoms with Crippen molar-refractivity contribution in [3.05, 3.63) is 120 Å². The van der Waals surface area contributed by atoms with Gasteiger partial charge in [0, 0.05) is 18.9 Å². The van der Waals surface area contributed by atoms with Gasteiger partial charge in [-0.3, -0.25) is 9.59 Å². The molecule has 10 heteroatoms. The Morgan fingerprint density at radius 3 is 2.19 bits per heavy atom. The van der Waals surface area contributed by atoms with E-state index in [-0.39, 0.29) is 62.9 Å². The topological polar surface area (TPSA) is 134 Å². The lowest BCUT2D eigenvalue weighted by molar-refractivity contribution is -0.149. The summed E-state index contributed by atoms with van der Waals surface area (Å²) in [6.07, 6.45) is 3.93. The molecule has 1 heterocycles. The highest BCUT2D eigenvalue weighted by atomic mass is 16.6. The van der Waals surface area contributed by atoms with E-state index in [4.69, 9.17) is 9.47 Å². The second kappa shape index (κ2) is 17.3. The molecule has 1 aliphatic carbocycles. The molecular formula is C42H49N3O7. The predicted octanol–water partition coefficient (Wildman–Crippen LogP) is 5.83. The lowest BCUT2D eigenvalue weighted by Crippen LogP contribution is -2.52. The van der Waals surface area contributed by atoms with E-state index < -0.39 is 29.6 Å². The van der Waals surface area contributed by atoms with Crippen molar-refractivity contribution in [2.45, 2.75) is 76.0 Å². The third-order valence-electron chi connectivity index (χ3n) is 9.75. The third kappa shape index (κ3) is 9.16. The van der Waals surface area contributed by atoms with Crippen LogP contribution in [0.15, 0.2) is 98.1 Å². The summed E-state index contributed by atoms with van der Waals surface area (Å²) in [5, 5.41) is 15.6. The van der Waals surface area contributed by atoms with Gasteiger partial charge in [0.05, 0.1) is 24.1 Å². The number of aliphatic hydroxyl groups excluding tert-OH is 1. The Morgan fingerprint density at radius 1 is 0.923 bits per heavy atom. The Labute approximate surface area is 305 Å². The number of allylic oxidation sites excluding steroid dienone is 2. The SMILES string of the molecule is C=CCC[C@H](NC(=O)OCC1c2ccccc2-c2ccccc21)C(=O)OCC(C)(C)NC(=O)[C@@H](CC=C)CC(=O)N1Cc2ccccc2C[C@H]1CO. The minimum atomic E-state index is -1.00. The van der Waals surface area contributed by atoms with Crippen molar-refractivity contribution in [2.75, 3.05) is 19.8 Å². The van der Waals surface area contributed by atoms with Crippen LogP contribution in [0.4, 0.5) is 4.79 Å². The van der Waals surface area contributed by atoms with Crippen LogP contribution in [-0.4, -0.2) is 71.3 Å². The normalized spacial score (nSPS) is 16.0. The van der Waals surface area contributed by atoms with Crippen LogP contribution in [0.25, 0.3) is 11.1 Å². The average Bonchev–Trinajstić information content (AvgIpc) is 3.47. The quantitative estimate of drug-likeness (QED) is 0.126. The van der Waals surface area contributed by atoms with Crippen LogP contribution in [0.2, 0.25) is 0 Å². The first-order chi connectivity index (χ1) is 25.0. The first kappa shape index (κ1) is 38.0. The van der Waals surface area contributed by atoms with Crippen molar-refractivity contribution in [1.29, 1.82) is 0 Å². The van der Waals surface area contributed by atoms with E-state index in [0.29, 0.717) is 19.4 Å². The van der Waals surface area contributed by atoms with Crippen LogP contribution in [-0.2, 0) is 36.8 Å². The molecule has 52 heavy (non-hydrogen) atoms. The lowest BCUT2D eigenvalue weighted by Gasteiger charge is -2.37. The smallest absolute Gasteiger partial charge is 0.407 e. The minimum absolute atomic E-state index is 0.0694. The van der Waals surface area contributed by atoms with Crippen LogP contribution in [0, 0.1) is 5.92 Å². The second-order valence-corrected chi connectivity index (χ2v) is 14.1. The van der Waals surface area contributed by atoms with E-state index in [1.807, 2.05) is 60.7 Å². The van der Waals surface area contributed by atoms with Gasteiger partial charge in [0.25, 0.3) is 0 Å². The Hall–Kier alpha value is -5.22. The van der Waals surface area contributed by atoms with Gasteiger partial charge in [0.2, 0.25) is 11.8 Å². The summed E-state index contributed by atoms with van der Waals surface area (Å²) < 4.78 is 11.3. The number of alkyl carbamates (subject to hydrolysis) is 1. The summed E-state index contributed by atoms with van der Waals surface area (Å²) in [6, 6.07) is 22.5. The molecule has 0 aromatic heterocycles. The molecule has 0 fully saturated rings. The highest BCUT2D eigenvalue weighted by Gasteiger charge is 2.35. The summed E-state index contributed by atoms with van der Waals surface area (Å²) in [7, 11) is 0. The van der Waals surface area contributed by atoms with Gasteiger partial charge in [0.15, 0.2) is 0 Å². The van der Waals surface area contributed by atoms with Crippen molar-refractivity contribution >= 4 is 23.9 Å². The van der Waals surface area contributed by atoms with E-state index >= 15 is 0 Å². The van der Waals surface area contributed by atoms with E-state index in [1.165, 1.54) is 0 Å².